The number of anilines is 6. The van der Waals surface area contributed by atoms with Crippen LogP contribution in [0.4, 0.5) is 34.1 Å². The third-order valence-electron chi connectivity index (χ3n) is 18.7. The molecule has 478 valence electrons. The van der Waals surface area contributed by atoms with Crippen molar-refractivity contribution >= 4 is 101 Å². The van der Waals surface area contributed by atoms with Crippen LogP contribution in [-0.4, -0.2) is 15.8 Å². The maximum absolute atomic E-state index is 11.8. The molecule has 0 saturated heterocycles. The van der Waals surface area contributed by atoms with Crippen molar-refractivity contribution in [1.82, 2.24) is 9.13 Å². The molecular weight excluding hydrogens is 1220 g/mol. The average molecular weight is 1330 g/mol. The monoisotopic (exact) mass is 1330 g/mol. The van der Waals surface area contributed by atoms with Gasteiger partial charge in [0.15, 0.2) is 0 Å². The molecule has 0 N–H and O–H groups in total. The Balaban J connectivity index is 1.08. The van der Waals surface area contributed by atoms with Crippen molar-refractivity contribution in [1.29, 1.82) is 0 Å². The molecule has 2 aliphatic rings. The molecule has 0 aliphatic carbocycles. The molecule has 19 rings (SSSR count). The molecule has 0 amide bonds. The van der Waals surface area contributed by atoms with Gasteiger partial charge < -0.3 is 18.9 Å². The highest BCUT2D eigenvalue weighted by atomic mass is 15.2. The van der Waals surface area contributed by atoms with E-state index in [9.17, 15) is 41.1 Å². The third kappa shape index (κ3) is 9.82. The van der Waals surface area contributed by atoms with Crippen LogP contribution in [0.1, 0.15) is 86.8 Å². The van der Waals surface area contributed by atoms with E-state index in [-0.39, 0.29) is 61.6 Å². The average Bonchev–Trinajstić information content (AvgIpc) is 1.52. The van der Waals surface area contributed by atoms with E-state index in [0.29, 0.717) is 27.8 Å². The fraction of sp³-hybridized carbons (Fsp3) is 0.0625. The van der Waals surface area contributed by atoms with Crippen LogP contribution in [-0.2, 0) is 5.41 Å². The Morgan fingerprint density at radius 1 is 0.317 bits per heavy atom. The van der Waals surface area contributed by atoms with Crippen LogP contribution in [0, 0.1) is 13.7 Å². The van der Waals surface area contributed by atoms with E-state index >= 15 is 0 Å². The number of hydrogen-bond donors (Lipinski definition) is 0. The van der Waals surface area contributed by atoms with Crippen molar-refractivity contribution in [3.8, 4) is 78.1 Å². The van der Waals surface area contributed by atoms with Crippen molar-refractivity contribution in [3.63, 3.8) is 0 Å². The van der Waals surface area contributed by atoms with Gasteiger partial charge in [0.25, 0.3) is 6.71 Å². The number of aryl methyl sites for hydroxylation is 2. The van der Waals surface area contributed by atoms with E-state index in [1.165, 1.54) is 24.3 Å². The van der Waals surface area contributed by atoms with Crippen LogP contribution in [0.3, 0.4) is 0 Å². The van der Waals surface area contributed by atoms with Gasteiger partial charge in [-0.1, -0.05) is 263 Å². The SMILES string of the molecule is [2H]c1c([2H])c([2H])c(-c2c([2H])c([2H])c3c(c2[2H])c2c([2H])c([2H])c([2H])c([2H])c2n3-c2c([2H])c([2H])c3c(c2[2H])N(c2c(-c4ccccc4)cc(C([2H])([2H])[2H])cc2-c2ccccc2)c2cc(C(C)(C)C)cc4c2B3c2c([2H])c([2H])c(-n3c5c([2H])c([2H])c([2H])c([2H])c5c5c([2H])c(-c6c([2H])c([2H])c([2H])c([2H])c6[2H])c([2H])c([2H])c53)c([2H])c2N4c2c(-c3ccccc3)cc(C([2H])([2H])[2H])cc2-c2ccccc2)c([2H])c1[2H]. The predicted molar refractivity (Wildman–Crippen MR) is 430 cm³/mol. The van der Waals surface area contributed by atoms with Crippen LogP contribution in [0.15, 0.2) is 339 Å². The molecule has 2 aliphatic heterocycles. The smallest absolute Gasteiger partial charge is 0.252 e. The summed E-state index contributed by atoms with van der Waals surface area (Å²) in [6.07, 6.45) is 0. The molecular formula is C96H71BN4. The first kappa shape index (κ1) is 33.4. The van der Waals surface area contributed by atoms with Gasteiger partial charge in [-0.15, -0.1) is 0 Å². The number of hydrogen-bond acceptors (Lipinski definition) is 2. The number of benzene rings is 15. The van der Waals surface area contributed by atoms with E-state index in [0.717, 1.165) is 9.13 Å². The second kappa shape index (κ2) is 23.7. The van der Waals surface area contributed by atoms with Gasteiger partial charge >= 0.3 is 0 Å². The molecule has 4 nitrogen and oxygen atoms in total. The molecule has 15 aromatic carbocycles. The Hall–Kier alpha value is -12.4. The van der Waals surface area contributed by atoms with Gasteiger partial charge in [0, 0.05) is 86.1 Å². The fourth-order valence-electron chi connectivity index (χ4n) is 14.2. The summed E-state index contributed by atoms with van der Waals surface area (Å²) in [5.41, 5.74) is -8.96. The highest BCUT2D eigenvalue weighted by Crippen LogP contribution is 2.55. The number of para-hydroxylation sites is 2. The molecule has 0 spiro atoms. The number of nitrogens with zero attached hydrogens (tertiary/aromatic N) is 4. The van der Waals surface area contributed by atoms with Gasteiger partial charge in [-0.2, -0.15) is 0 Å². The minimum atomic E-state index is -2.94. The topological polar surface area (TPSA) is 16.3 Å². The predicted octanol–water partition coefficient (Wildman–Crippen LogP) is 23.9. The van der Waals surface area contributed by atoms with Crippen molar-refractivity contribution in [2.45, 2.75) is 39.9 Å². The third-order valence-corrected chi connectivity index (χ3v) is 18.7. The number of rotatable bonds is 10. The van der Waals surface area contributed by atoms with Crippen molar-refractivity contribution in [2.75, 3.05) is 9.80 Å². The molecule has 0 unspecified atom stereocenters. The first-order valence-electron chi connectivity index (χ1n) is 50.4. The molecule has 0 atom stereocenters. The molecule has 4 heterocycles. The van der Waals surface area contributed by atoms with Crippen LogP contribution in [0.25, 0.3) is 122 Å². The lowest BCUT2D eigenvalue weighted by Crippen LogP contribution is -2.61. The summed E-state index contributed by atoms with van der Waals surface area (Å²) in [6, 6.07) is 14.7. The standard InChI is InChI=1S/C96H71BN4/c1-62-52-77(66-32-16-8-17-33-66)94(78(53-62)67-34-18-9-19-35-67)100-89-60-73(98-85-42-26-24-40-75(85)81-56-70(44-50-87(81)98)64-28-12-6-13-29-64)46-48-83(89)97-84-49-47-74(99-86-43-27-25-41-76(86)82-57-71(45-51-88(82)99)65-30-14-7-15-31-65)61-90(84)101(92-59-72(96(3,4)5)58-91(100)93(92)97)95-79(68-36-20-10-21-37-68)54-63(2)55-80(95)69-38-22-11-23-39-69/h6-61H,1-5H3/i1D3,2D3,6D,7D,12D,13D,14D,15D,24D,25D,26D,27D,28D,29D,30D,31D,40D,41D,42D,43D,44D,45D,46D,47D,48D,49D,50D,51D,56D,57D,60D,61D. The lowest BCUT2D eigenvalue weighted by Gasteiger charge is -2.46. The molecule has 0 radical (unpaired) electrons. The van der Waals surface area contributed by atoms with E-state index in [4.69, 9.17) is 8.22 Å². The lowest BCUT2D eigenvalue weighted by atomic mass is 9.33. The lowest BCUT2D eigenvalue weighted by molar-refractivity contribution is 0.590. The zero-order valence-corrected chi connectivity index (χ0v) is 53.9. The Kier molecular flexibility index (Phi) is 7.82. The number of aromatic nitrogens is 2. The minimum Gasteiger partial charge on any atom is -0.310 e. The summed E-state index contributed by atoms with van der Waals surface area (Å²) in [5, 5.41) is -2.47. The summed E-state index contributed by atoms with van der Waals surface area (Å²) in [7, 11) is 0. The Morgan fingerprint density at radius 3 is 1.04 bits per heavy atom. The van der Waals surface area contributed by atoms with Gasteiger partial charge in [-0.25, -0.2) is 0 Å². The van der Waals surface area contributed by atoms with E-state index in [1.54, 1.807) is 143 Å². The maximum Gasteiger partial charge on any atom is 0.252 e. The van der Waals surface area contributed by atoms with Crippen LogP contribution >= 0.6 is 0 Å². The quantitative estimate of drug-likeness (QED) is 0.127. The van der Waals surface area contributed by atoms with Gasteiger partial charge in [0.2, 0.25) is 0 Å². The second-order valence-corrected chi connectivity index (χ2v) is 25.6. The van der Waals surface area contributed by atoms with Gasteiger partial charge in [-0.05, 0) is 194 Å². The minimum absolute atomic E-state index is 0.00328. The summed E-state index contributed by atoms with van der Waals surface area (Å²) < 4.78 is 354. The van der Waals surface area contributed by atoms with Crippen LogP contribution in [0.5, 0.6) is 0 Å². The molecule has 101 heavy (non-hydrogen) atoms. The van der Waals surface area contributed by atoms with Crippen molar-refractivity contribution in [2.24, 2.45) is 0 Å². The Bertz CT molecular complexity index is 7630. The van der Waals surface area contributed by atoms with E-state index < -0.39 is 307 Å². The van der Waals surface area contributed by atoms with Crippen LogP contribution < -0.4 is 26.2 Å². The largest absolute Gasteiger partial charge is 0.310 e. The normalized spacial score (nSPS) is 17.8. The first-order valence-corrected chi connectivity index (χ1v) is 32.4. The molecule has 0 fully saturated rings. The first-order chi connectivity index (χ1) is 64.5. The molecule has 5 heteroatoms. The summed E-state index contributed by atoms with van der Waals surface area (Å²) in [6.45, 7) is -2.31. The Labute approximate surface area is 641 Å². The summed E-state index contributed by atoms with van der Waals surface area (Å²) in [5.74, 6) is 0. The highest BCUT2D eigenvalue weighted by Gasteiger charge is 2.46. The second-order valence-electron chi connectivity index (χ2n) is 25.6. The fourth-order valence-corrected chi connectivity index (χ4v) is 14.2. The van der Waals surface area contributed by atoms with Gasteiger partial charge in [0.1, 0.15) is 0 Å². The zero-order valence-electron chi connectivity index (χ0n) is 89.9. The van der Waals surface area contributed by atoms with Gasteiger partial charge in [-0.3, -0.25) is 0 Å². The molecule has 0 bridgehead atoms. The number of fused-ring (bicyclic) bond motifs is 10. The van der Waals surface area contributed by atoms with E-state index in [2.05, 4.69) is 0 Å². The van der Waals surface area contributed by atoms with Crippen molar-refractivity contribution < 1.29 is 49.3 Å². The van der Waals surface area contributed by atoms with Crippen molar-refractivity contribution in [3.05, 3.63) is 356 Å². The summed E-state index contributed by atoms with van der Waals surface area (Å²) in [4.78, 5) is 3.11. The Morgan fingerprint density at radius 2 is 0.673 bits per heavy atom. The molecule has 2 aromatic heterocycles. The summed E-state index contributed by atoms with van der Waals surface area (Å²) >= 11 is 0. The molecule has 17 aromatic rings. The highest BCUT2D eigenvalue weighted by molar-refractivity contribution is 7.00. The van der Waals surface area contributed by atoms with E-state index in [1.807, 2.05) is 20.8 Å². The zero-order chi connectivity index (χ0) is 98.7. The molecule has 0 saturated carbocycles. The maximum atomic E-state index is 11.8. The van der Waals surface area contributed by atoms with Crippen LogP contribution in [0.2, 0.25) is 0 Å². The van der Waals surface area contributed by atoms with Gasteiger partial charge in [0.05, 0.1) is 74.6 Å².